The third-order valence-corrected chi connectivity index (χ3v) is 2.87. The van der Waals surface area contributed by atoms with Crippen molar-refractivity contribution in [1.29, 1.82) is 0 Å². The number of methoxy groups -OCH3 is 1. The van der Waals surface area contributed by atoms with E-state index in [1.807, 2.05) is 0 Å². The van der Waals surface area contributed by atoms with Crippen molar-refractivity contribution < 1.29 is 19.0 Å². The Morgan fingerprint density at radius 1 is 1.33 bits per heavy atom. The van der Waals surface area contributed by atoms with E-state index in [1.165, 1.54) is 13.5 Å². The first kappa shape index (κ1) is 15.2. The lowest BCUT2D eigenvalue weighted by atomic mass is 10.2. The van der Waals surface area contributed by atoms with Crippen LogP contribution in [-0.2, 0) is 19.0 Å². The molecule has 104 valence electrons. The highest BCUT2D eigenvalue weighted by Crippen LogP contribution is 2.13. The van der Waals surface area contributed by atoms with E-state index in [0.717, 1.165) is 38.7 Å². The van der Waals surface area contributed by atoms with E-state index in [9.17, 15) is 4.79 Å². The second-order valence-corrected chi connectivity index (χ2v) is 4.40. The summed E-state index contributed by atoms with van der Waals surface area (Å²) in [5.41, 5.74) is 0. The monoisotopic (exact) mass is 256 g/mol. The smallest absolute Gasteiger partial charge is 0.305 e. The molecule has 0 aliphatic carbocycles. The van der Waals surface area contributed by atoms with Crippen LogP contribution in [0.4, 0.5) is 0 Å². The van der Waals surface area contributed by atoms with Gasteiger partial charge in [-0.15, -0.1) is 0 Å². The van der Waals surface area contributed by atoms with Crippen LogP contribution in [0.15, 0.2) is 12.2 Å². The maximum Gasteiger partial charge on any atom is 0.305 e. The molecule has 0 saturated carbocycles. The summed E-state index contributed by atoms with van der Waals surface area (Å²) in [7, 11) is 1.42. The molecule has 0 amide bonds. The van der Waals surface area contributed by atoms with Crippen LogP contribution in [-0.4, -0.2) is 32.6 Å². The van der Waals surface area contributed by atoms with Crippen LogP contribution in [0, 0.1) is 0 Å². The number of hydrogen-bond donors (Lipinski definition) is 0. The van der Waals surface area contributed by atoms with Gasteiger partial charge in [0.1, 0.15) is 0 Å². The summed E-state index contributed by atoms with van der Waals surface area (Å²) in [5.74, 6) is -0.138. The van der Waals surface area contributed by atoms with Crippen LogP contribution in [0.2, 0.25) is 0 Å². The highest BCUT2D eigenvalue weighted by Gasteiger charge is 2.12. The molecule has 1 fully saturated rings. The Morgan fingerprint density at radius 3 is 2.89 bits per heavy atom. The van der Waals surface area contributed by atoms with Crippen LogP contribution in [0.3, 0.4) is 0 Å². The third-order valence-electron chi connectivity index (χ3n) is 2.87. The Labute approximate surface area is 109 Å². The molecule has 1 saturated heterocycles. The van der Waals surface area contributed by atoms with Gasteiger partial charge in [-0.25, -0.2) is 0 Å². The van der Waals surface area contributed by atoms with Crippen LogP contribution in [0.1, 0.15) is 44.9 Å². The largest absolute Gasteiger partial charge is 0.469 e. The number of allylic oxidation sites excluding steroid dienone is 1. The van der Waals surface area contributed by atoms with Crippen LogP contribution < -0.4 is 0 Å². The van der Waals surface area contributed by atoms with Crippen molar-refractivity contribution in [2.75, 3.05) is 20.3 Å². The lowest BCUT2D eigenvalue weighted by molar-refractivity contribution is -0.161. The zero-order valence-corrected chi connectivity index (χ0v) is 11.2. The van der Waals surface area contributed by atoms with E-state index >= 15 is 0 Å². The van der Waals surface area contributed by atoms with Gasteiger partial charge in [0.15, 0.2) is 6.29 Å². The number of rotatable bonds is 8. The van der Waals surface area contributed by atoms with Crippen molar-refractivity contribution in [2.45, 2.75) is 51.2 Å². The fraction of sp³-hybridized carbons (Fsp3) is 0.786. The molecule has 1 unspecified atom stereocenters. The average Bonchev–Trinajstić information content (AvgIpc) is 2.42. The standard InChI is InChI=1S/C14H24O4/c1-16-13(15)9-5-3-2-4-7-11-17-14-10-6-8-12-18-14/h2,4,14H,3,5-12H2,1H3/b4-2-. The van der Waals surface area contributed by atoms with Crippen molar-refractivity contribution in [2.24, 2.45) is 0 Å². The summed E-state index contributed by atoms with van der Waals surface area (Å²) < 4.78 is 15.6. The van der Waals surface area contributed by atoms with Gasteiger partial charge in [0, 0.05) is 13.0 Å². The van der Waals surface area contributed by atoms with Gasteiger partial charge in [-0.2, -0.15) is 0 Å². The van der Waals surface area contributed by atoms with Gasteiger partial charge in [-0.3, -0.25) is 4.79 Å². The van der Waals surface area contributed by atoms with Crippen LogP contribution >= 0.6 is 0 Å². The quantitative estimate of drug-likeness (QED) is 0.380. The first-order valence-corrected chi connectivity index (χ1v) is 6.78. The fourth-order valence-electron chi connectivity index (χ4n) is 1.81. The summed E-state index contributed by atoms with van der Waals surface area (Å²) in [6.07, 6.45) is 10.7. The van der Waals surface area contributed by atoms with E-state index in [4.69, 9.17) is 9.47 Å². The van der Waals surface area contributed by atoms with Gasteiger partial charge in [-0.05, 0) is 38.5 Å². The molecule has 0 aromatic carbocycles. The van der Waals surface area contributed by atoms with Gasteiger partial charge in [-0.1, -0.05) is 12.2 Å². The molecule has 0 spiro atoms. The lowest BCUT2D eigenvalue weighted by Crippen LogP contribution is -2.22. The minimum Gasteiger partial charge on any atom is -0.469 e. The van der Waals surface area contributed by atoms with E-state index in [0.29, 0.717) is 13.0 Å². The molecule has 4 heteroatoms. The second kappa shape index (κ2) is 10.1. The first-order valence-electron chi connectivity index (χ1n) is 6.78. The zero-order chi connectivity index (χ0) is 13.1. The van der Waals surface area contributed by atoms with Gasteiger partial charge >= 0.3 is 5.97 Å². The highest BCUT2D eigenvalue weighted by atomic mass is 16.7. The molecule has 1 atom stereocenters. The number of carbonyl (C=O) groups excluding carboxylic acids is 1. The van der Waals surface area contributed by atoms with Crippen molar-refractivity contribution in [1.82, 2.24) is 0 Å². The van der Waals surface area contributed by atoms with Gasteiger partial charge < -0.3 is 14.2 Å². The average molecular weight is 256 g/mol. The van der Waals surface area contributed by atoms with Gasteiger partial charge in [0.2, 0.25) is 0 Å². The predicted molar refractivity (Wildman–Crippen MR) is 69.2 cm³/mol. The number of hydrogen-bond acceptors (Lipinski definition) is 4. The Balaban J connectivity index is 1.89. The molecule has 0 aromatic rings. The van der Waals surface area contributed by atoms with E-state index in [2.05, 4.69) is 16.9 Å². The van der Waals surface area contributed by atoms with Crippen LogP contribution in [0.25, 0.3) is 0 Å². The number of esters is 1. The van der Waals surface area contributed by atoms with Crippen molar-refractivity contribution in [3.8, 4) is 0 Å². The third kappa shape index (κ3) is 7.45. The van der Waals surface area contributed by atoms with Crippen molar-refractivity contribution in [3.63, 3.8) is 0 Å². The molecule has 1 heterocycles. The fourth-order valence-corrected chi connectivity index (χ4v) is 1.81. The normalized spacial score (nSPS) is 20.2. The summed E-state index contributed by atoms with van der Waals surface area (Å²) >= 11 is 0. The SMILES string of the molecule is COC(=O)CCC/C=C\CCOC1CCCCO1. The summed E-state index contributed by atoms with van der Waals surface area (Å²) in [5, 5.41) is 0. The molecular weight excluding hydrogens is 232 g/mol. The molecule has 4 nitrogen and oxygen atoms in total. The highest BCUT2D eigenvalue weighted by molar-refractivity contribution is 5.68. The van der Waals surface area contributed by atoms with Crippen molar-refractivity contribution >= 4 is 5.97 Å². The van der Waals surface area contributed by atoms with Crippen LogP contribution in [0.5, 0.6) is 0 Å². The Morgan fingerprint density at radius 2 is 2.17 bits per heavy atom. The minimum atomic E-state index is -0.138. The summed E-state index contributed by atoms with van der Waals surface area (Å²) in [4.78, 5) is 10.8. The van der Waals surface area contributed by atoms with Gasteiger partial charge in [0.25, 0.3) is 0 Å². The molecule has 0 N–H and O–H groups in total. The molecule has 0 bridgehead atoms. The summed E-state index contributed by atoms with van der Waals surface area (Å²) in [6.45, 7) is 1.53. The maximum absolute atomic E-state index is 10.8. The molecule has 0 aromatic heterocycles. The molecule has 1 aliphatic rings. The molecular formula is C14H24O4. The lowest BCUT2D eigenvalue weighted by Gasteiger charge is -2.22. The second-order valence-electron chi connectivity index (χ2n) is 4.40. The topological polar surface area (TPSA) is 44.8 Å². The van der Waals surface area contributed by atoms with Gasteiger partial charge in [0.05, 0.1) is 13.7 Å². The Kier molecular flexibility index (Phi) is 8.51. The van der Waals surface area contributed by atoms with Crippen molar-refractivity contribution in [3.05, 3.63) is 12.2 Å². The maximum atomic E-state index is 10.8. The zero-order valence-electron chi connectivity index (χ0n) is 11.2. The molecule has 1 rings (SSSR count). The predicted octanol–water partition coefficient (Wildman–Crippen LogP) is 2.82. The number of ether oxygens (including phenoxy) is 3. The first-order chi connectivity index (χ1) is 8.83. The number of unbranched alkanes of at least 4 members (excludes halogenated alkanes) is 1. The van der Waals surface area contributed by atoms with E-state index in [-0.39, 0.29) is 12.3 Å². The number of carbonyl (C=O) groups is 1. The van der Waals surface area contributed by atoms with E-state index < -0.39 is 0 Å². The molecule has 0 radical (unpaired) electrons. The Bertz CT molecular complexity index is 244. The molecule has 1 aliphatic heterocycles. The Hall–Kier alpha value is -0.870. The van der Waals surface area contributed by atoms with E-state index in [1.54, 1.807) is 0 Å². The minimum absolute atomic E-state index is 0.00599. The molecule has 18 heavy (non-hydrogen) atoms. The summed E-state index contributed by atoms with van der Waals surface area (Å²) in [6, 6.07) is 0.